The van der Waals surface area contributed by atoms with Gasteiger partial charge in [-0.2, -0.15) is 5.10 Å². The van der Waals surface area contributed by atoms with E-state index >= 15 is 0 Å². The van der Waals surface area contributed by atoms with Gasteiger partial charge in [0, 0.05) is 35.3 Å². The highest BCUT2D eigenvalue weighted by molar-refractivity contribution is 7.89. The average molecular weight is 501 g/mol. The van der Waals surface area contributed by atoms with E-state index in [-0.39, 0.29) is 16.6 Å². The van der Waals surface area contributed by atoms with Crippen LogP contribution >= 0.6 is 0 Å². The van der Waals surface area contributed by atoms with E-state index < -0.39 is 10.0 Å². The van der Waals surface area contributed by atoms with Gasteiger partial charge >= 0.3 is 0 Å². The van der Waals surface area contributed by atoms with E-state index in [2.05, 4.69) is 10.4 Å². The first-order valence-corrected chi connectivity index (χ1v) is 12.4. The Morgan fingerprint density at radius 3 is 2.39 bits per heavy atom. The highest BCUT2D eigenvalue weighted by Gasteiger charge is 2.15. The summed E-state index contributed by atoms with van der Waals surface area (Å²) in [6.45, 7) is 0.338. The third-order valence-electron chi connectivity index (χ3n) is 5.40. The molecular formula is C26H24N6O3S. The Bertz CT molecular complexity index is 1540. The number of carbonyl (C=O) groups excluding carboxylic acids is 1. The maximum atomic E-state index is 12.9. The number of sulfonamides is 1. The number of anilines is 1. The largest absolute Gasteiger partial charge is 0.384 e. The van der Waals surface area contributed by atoms with Crippen molar-refractivity contribution in [2.45, 2.75) is 11.4 Å². The second-order valence-electron chi connectivity index (χ2n) is 7.98. The molecule has 0 radical (unpaired) electrons. The fraction of sp³-hybridized carbons (Fsp3) is 0.0385. The number of amides is 1. The minimum absolute atomic E-state index is 0.0285. The average Bonchev–Trinajstić information content (AvgIpc) is 3.37. The van der Waals surface area contributed by atoms with Gasteiger partial charge in [0.25, 0.3) is 0 Å². The monoisotopic (exact) mass is 500 g/mol. The van der Waals surface area contributed by atoms with Crippen LogP contribution in [-0.4, -0.2) is 29.9 Å². The van der Waals surface area contributed by atoms with Crippen molar-refractivity contribution in [1.29, 1.82) is 5.41 Å². The van der Waals surface area contributed by atoms with Crippen molar-refractivity contribution in [3.8, 4) is 11.1 Å². The molecule has 0 saturated carbocycles. The molecule has 0 atom stereocenters. The van der Waals surface area contributed by atoms with Crippen molar-refractivity contribution >= 4 is 33.0 Å². The highest BCUT2D eigenvalue weighted by Crippen LogP contribution is 2.27. The second-order valence-corrected chi connectivity index (χ2v) is 9.51. The van der Waals surface area contributed by atoms with Crippen LogP contribution < -0.4 is 16.2 Å². The Kier molecular flexibility index (Phi) is 7.09. The highest BCUT2D eigenvalue weighted by atomic mass is 32.2. The van der Waals surface area contributed by atoms with Crippen molar-refractivity contribution in [2.24, 2.45) is 10.9 Å². The Hall–Kier alpha value is -4.54. The molecule has 182 valence electrons. The first kappa shape index (κ1) is 24.6. The van der Waals surface area contributed by atoms with E-state index in [0.29, 0.717) is 34.5 Å². The number of hydrogen-bond donors (Lipinski definition) is 4. The standard InChI is InChI=1S/C26H24N6O3S/c27-26(28)20-6-3-5-19(15-20)21(17-32-14-4-13-30-32)16-25(33)31-22-11-9-18(10-12-22)23-7-1-2-8-24(23)36(29,34)35/h1-16H,17H2,(H3,27,28)(H,31,33)(H2,29,34,35). The van der Waals surface area contributed by atoms with Crippen LogP contribution in [-0.2, 0) is 21.4 Å². The Balaban J connectivity index is 1.59. The van der Waals surface area contributed by atoms with Crippen LogP contribution in [0.1, 0.15) is 11.1 Å². The zero-order valence-electron chi connectivity index (χ0n) is 19.1. The maximum Gasteiger partial charge on any atom is 0.248 e. The minimum Gasteiger partial charge on any atom is -0.384 e. The first-order chi connectivity index (χ1) is 17.2. The third-order valence-corrected chi connectivity index (χ3v) is 6.37. The van der Waals surface area contributed by atoms with Crippen molar-refractivity contribution in [3.05, 3.63) is 108 Å². The van der Waals surface area contributed by atoms with Crippen molar-refractivity contribution in [1.82, 2.24) is 9.78 Å². The molecule has 0 fully saturated rings. The number of nitrogens with zero attached hydrogens (tertiary/aromatic N) is 2. The van der Waals surface area contributed by atoms with Crippen molar-refractivity contribution in [3.63, 3.8) is 0 Å². The summed E-state index contributed by atoms with van der Waals surface area (Å²) in [5.41, 5.74) is 9.26. The predicted octanol–water partition coefficient (Wildman–Crippen LogP) is 3.20. The van der Waals surface area contributed by atoms with Gasteiger partial charge < -0.3 is 11.1 Å². The number of hydrogen-bond acceptors (Lipinski definition) is 5. The van der Waals surface area contributed by atoms with Crippen molar-refractivity contribution < 1.29 is 13.2 Å². The SMILES string of the molecule is N=C(N)c1cccc(C(=CC(=O)Nc2ccc(-c3ccccc3S(N)(=O)=O)cc2)Cn2cccn2)c1. The maximum absolute atomic E-state index is 12.9. The van der Waals surface area contributed by atoms with E-state index in [0.717, 1.165) is 5.56 Å². The third kappa shape index (κ3) is 5.93. The second kappa shape index (κ2) is 10.4. The molecule has 1 heterocycles. The molecule has 36 heavy (non-hydrogen) atoms. The van der Waals surface area contributed by atoms with Gasteiger partial charge in [-0.05, 0) is 47.0 Å². The van der Waals surface area contributed by atoms with E-state index in [1.54, 1.807) is 83.8 Å². The lowest BCUT2D eigenvalue weighted by atomic mass is 10.0. The molecule has 0 saturated heterocycles. The van der Waals surface area contributed by atoms with Gasteiger partial charge in [-0.25, -0.2) is 13.6 Å². The van der Waals surface area contributed by atoms with Gasteiger partial charge in [-0.15, -0.1) is 0 Å². The van der Waals surface area contributed by atoms with Gasteiger partial charge in [0.2, 0.25) is 15.9 Å². The molecule has 6 N–H and O–H groups in total. The number of amidine groups is 1. The van der Waals surface area contributed by atoms with E-state index in [9.17, 15) is 13.2 Å². The number of nitrogens with two attached hydrogens (primary N) is 2. The van der Waals surface area contributed by atoms with Crippen LogP contribution in [0, 0.1) is 5.41 Å². The van der Waals surface area contributed by atoms with Crippen LogP contribution in [0.2, 0.25) is 0 Å². The molecule has 4 aromatic rings. The lowest BCUT2D eigenvalue weighted by Crippen LogP contribution is -2.13. The minimum atomic E-state index is -3.89. The molecule has 0 unspecified atom stereocenters. The summed E-state index contributed by atoms with van der Waals surface area (Å²) in [6.07, 6.45) is 4.92. The molecule has 9 nitrogen and oxygen atoms in total. The number of primary sulfonamides is 1. The van der Waals surface area contributed by atoms with Gasteiger partial charge in [-0.3, -0.25) is 14.9 Å². The summed E-state index contributed by atoms with van der Waals surface area (Å²) in [4.78, 5) is 12.9. The zero-order chi connectivity index (χ0) is 25.7. The number of rotatable bonds is 8. The molecule has 0 bridgehead atoms. The van der Waals surface area contributed by atoms with Crippen LogP contribution in [0.3, 0.4) is 0 Å². The Morgan fingerprint density at radius 1 is 1.00 bits per heavy atom. The zero-order valence-corrected chi connectivity index (χ0v) is 19.9. The van der Waals surface area contributed by atoms with Gasteiger partial charge in [-0.1, -0.05) is 48.5 Å². The first-order valence-electron chi connectivity index (χ1n) is 10.9. The summed E-state index contributed by atoms with van der Waals surface area (Å²) in [5.74, 6) is -0.424. The normalized spacial score (nSPS) is 11.8. The number of benzene rings is 3. The molecule has 0 aliphatic rings. The number of nitrogens with one attached hydrogen (secondary N) is 2. The smallest absolute Gasteiger partial charge is 0.248 e. The Morgan fingerprint density at radius 2 is 1.72 bits per heavy atom. The predicted molar refractivity (Wildman–Crippen MR) is 140 cm³/mol. The lowest BCUT2D eigenvalue weighted by Gasteiger charge is -2.11. The summed E-state index contributed by atoms with van der Waals surface area (Å²) >= 11 is 0. The molecule has 10 heteroatoms. The van der Waals surface area contributed by atoms with E-state index in [1.165, 1.54) is 12.1 Å². The topological polar surface area (TPSA) is 157 Å². The number of aromatic nitrogens is 2. The quantitative estimate of drug-likeness (QED) is 0.166. The van der Waals surface area contributed by atoms with Gasteiger partial charge in [0.15, 0.2) is 0 Å². The summed E-state index contributed by atoms with van der Waals surface area (Å²) in [7, 11) is -3.89. The molecule has 4 rings (SSSR count). The molecule has 0 aliphatic carbocycles. The van der Waals surface area contributed by atoms with Crippen molar-refractivity contribution in [2.75, 3.05) is 5.32 Å². The summed E-state index contributed by atoms with van der Waals surface area (Å²) < 4.78 is 25.5. The number of carbonyl (C=O) groups is 1. The molecular weight excluding hydrogens is 476 g/mol. The van der Waals surface area contributed by atoms with E-state index in [4.69, 9.17) is 16.3 Å². The molecule has 1 amide bonds. The van der Waals surface area contributed by atoms with Crippen LogP contribution in [0.4, 0.5) is 5.69 Å². The fourth-order valence-electron chi connectivity index (χ4n) is 3.70. The lowest BCUT2D eigenvalue weighted by molar-refractivity contribution is -0.111. The number of nitrogen functional groups attached to an aromatic ring is 1. The van der Waals surface area contributed by atoms with Crippen LogP contribution in [0.15, 0.2) is 102 Å². The molecule has 3 aromatic carbocycles. The van der Waals surface area contributed by atoms with Gasteiger partial charge in [0.05, 0.1) is 11.4 Å². The molecule has 0 spiro atoms. The van der Waals surface area contributed by atoms with E-state index in [1.807, 2.05) is 6.07 Å². The van der Waals surface area contributed by atoms with Gasteiger partial charge in [0.1, 0.15) is 5.84 Å². The summed E-state index contributed by atoms with van der Waals surface area (Å²) in [5, 5.41) is 20.1. The Labute approximate surface area is 208 Å². The molecule has 1 aromatic heterocycles. The van der Waals surface area contributed by atoms with Crippen LogP contribution in [0.25, 0.3) is 16.7 Å². The van der Waals surface area contributed by atoms with Crippen LogP contribution in [0.5, 0.6) is 0 Å². The fourth-order valence-corrected chi connectivity index (χ4v) is 4.46. The molecule has 0 aliphatic heterocycles. The number of allylic oxidation sites excluding steroid dienone is 1. The summed E-state index contributed by atoms with van der Waals surface area (Å²) in [6, 6.07) is 22.1.